The van der Waals surface area contributed by atoms with E-state index in [0.717, 1.165) is 31.6 Å². The van der Waals surface area contributed by atoms with Crippen LogP contribution in [0, 0.1) is 0 Å². The van der Waals surface area contributed by atoms with Crippen molar-refractivity contribution in [1.82, 2.24) is 5.32 Å². The van der Waals surface area contributed by atoms with Gasteiger partial charge < -0.3 is 20.9 Å². The van der Waals surface area contributed by atoms with Crippen molar-refractivity contribution in [3.05, 3.63) is 23.8 Å². The molecule has 0 heterocycles. The van der Waals surface area contributed by atoms with Crippen LogP contribution in [0.4, 0.5) is 5.69 Å². The highest BCUT2D eigenvalue weighted by atomic mass is 16.5. The SMILES string of the molecule is CCCOc1ccc(CC(C)NCCCO)cc1N. The molecule has 0 aliphatic rings. The van der Waals surface area contributed by atoms with Crippen molar-refractivity contribution in [1.29, 1.82) is 0 Å². The molecule has 4 heteroatoms. The number of benzene rings is 1. The number of nitrogens with two attached hydrogens (primary N) is 1. The summed E-state index contributed by atoms with van der Waals surface area (Å²) < 4.78 is 5.56. The van der Waals surface area contributed by atoms with Gasteiger partial charge in [-0.3, -0.25) is 0 Å². The first-order chi connectivity index (χ1) is 9.17. The minimum atomic E-state index is 0.232. The van der Waals surface area contributed by atoms with Crippen LogP contribution in [0.15, 0.2) is 18.2 Å². The summed E-state index contributed by atoms with van der Waals surface area (Å²) in [6.45, 7) is 5.98. The quantitative estimate of drug-likeness (QED) is 0.472. The van der Waals surface area contributed by atoms with Crippen LogP contribution in [-0.2, 0) is 6.42 Å². The summed E-state index contributed by atoms with van der Waals surface area (Å²) in [5.74, 6) is 0.770. The van der Waals surface area contributed by atoms with Gasteiger partial charge in [-0.15, -0.1) is 0 Å². The molecule has 19 heavy (non-hydrogen) atoms. The van der Waals surface area contributed by atoms with Crippen LogP contribution >= 0.6 is 0 Å². The summed E-state index contributed by atoms with van der Waals surface area (Å²) >= 11 is 0. The van der Waals surface area contributed by atoms with Crippen LogP contribution in [0.3, 0.4) is 0 Å². The predicted molar refractivity (Wildman–Crippen MR) is 79.5 cm³/mol. The second-order valence-electron chi connectivity index (χ2n) is 4.86. The minimum absolute atomic E-state index is 0.232. The number of aliphatic hydroxyl groups excluding tert-OH is 1. The van der Waals surface area contributed by atoms with Gasteiger partial charge in [-0.05, 0) is 50.4 Å². The van der Waals surface area contributed by atoms with Gasteiger partial charge in [0.1, 0.15) is 5.75 Å². The fraction of sp³-hybridized carbons (Fsp3) is 0.600. The van der Waals surface area contributed by atoms with E-state index in [1.165, 1.54) is 5.56 Å². The maximum Gasteiger partial charge on any atom is 0.142 e. The van der Waals surface area contributed by atoms with Crippen molar-refractivity contribution in [3.63, 3.8) is 0 Å². The van der Waals surface area contributed by atoms with Gasteiger partial charge in [0, 0.05) is 12.6 Å². The number of aliphatic hydroxyl groups is 1. The molecule has 0 aliphatic heterocycles. The van der Waals surface area contributed by atoms with Gasteiger partial charge in [0.05, 0.1) is 12.3 Å². The molecule has 0 fully saturated rings. The Labute approximate surface area is 116 Å². The Morgan fingerprint density at radius 1 is 1.42 bits per heavy atom. The van der Waals surface area contributed by atoms with E-state index in [1.807, 2.05) is 12.1 Å². The number of ether oxygens (including phenoxy) is 1. The van der Waals surface area contributed by atoms with E-state index in [4.69, 9.17) is 15.6 Å². The molecule has 0 spiro atoms. The van der Waals surface area contributed by atoms with E-state index < -0.39 is 0 Å². The number of anilines is 1. The molecule has 0 aliphatic carbocycles. The second kappa shape index (κ2) is 8.77. The van der Waals surface area contributed by atoms with Gasteiger partial charge in [-0.2, -0.15) is 0 Å². The number of hydrogen-bond acceptors (Lipinski definition) is 4. The topological polar surface area (TPSA) is 67.5 Å². The van der Waals surface area contributed by atoms with Crippen molar-refractivity contribution >= 4 is 5.69 Å². The van der Waals surface area contributed by atoms with E-state index in [9.17, 15) is 0 Å². The first kappa shape index (κ1) is 15.8. The highest BCUT2D eigenvalue weighted by molar-refractivity contribution is 5.54. The molecular weight excluding hydrogens is 240 g/mol. The van der Waals surface area contributed by atoms with Crippen LogP contribution in [-0.4, -0.2) is 30.9 Å². The van der Waals surface area contributed by atoms with Gasteiger partial charge in [0.15, 0.2) is 0 Å². The molecule has 4 N–H and O–H groups in total. The molecule has 1 aromatic carbocycles. The lowest BCUT2D eigenvalue weighted by Crippen LogP contribution is -2.29. The van der Waals surface area contributed by atoms with Gasteiger partial charge >= 0.3 is 0 Å². The molecule has 1 atom stereocenters. The van der Waals surface area contributed by atoms with Crippen LogP contribution in [0.5, 0.6) is 5.75 Å². The van der Waals surface area contributed by atoms with Gasteiger partial charge in [-0.25, -0.2) is 0 Å². The Hall–Kier alpha value is -1.26. The molecule has 1 aromatic rings. The lowest BCUT2D eigenvalue weighted by atomic mass is 10.1. The second-order valence-corrected chi connectivity index (χ2v) is 4.86. The first-order valence-corrected chi connectivity index (χ1v) is 7.02. The highest BCUT2D eigenvalue weighted by Gasteiger charge is 2.06. The van der Waals surface area contributed by atoms with Crippen molar-refractivity contribution in [2.75, 3.05) is 25.5 Å². The third-order valence-corrected chi connectivity index (χ3v) is 2.91. The average Bonchev–Trinajstić information content (AvgIpc) is 2.38. The molecule has 0 aromatic heterocycles. The zero-order valence-corrected chi connectivity index (χ0v) is 12.0. The molecule has 0 radical (unpaired) electrons. The molecule has 108 valence electrons. The zero-order chi connectivity index (χ0) is 14.1. The third-order valence-electron chi connectivity index (χ3n) is 2.91. The zero-order valence-electron chi connectivity index (χ0n) is 12.0. The van der Waals surface area contributed by atoms with Crippen LogP contribution in [0.1, 0.15) is 32.3 Å². The Morgan fingerprint density at radius 2 is 2.21 bits per heavy atom. The average molecular weight is 266 g/mol. The van der Waals surface area contributed by atoms with Crippen molar-refractivity contribution in [3.8, 4) is 5.75 Å². The summed E-state index contributed by atoms with van der Waals surface area (Å²) in [7, 11) is 0. The van der Waals surface area contributed by atoms with Crippen LogP contribution < -0.4 is 15.8 Å². The van der Waals surface area contributed by atoms with Crippen molar-refractivity contribution in [2.24, 2.45) is 0 Å². The smallest absolute Gasteiger partial charge is 0.142 e. The Balaban J connectivity index is 2.48. The molecule has 0 saturated heterocycles. The summed E-state index contributed by atoms with van der Waals surface area (Å²) in [4.78, 5) is 0. The molecular formula is C15H26N2O2. The van der Waals surface area contributed by atoms with E-state index in [2.05, 4.69) is 25.2 Å². The third kappa shape index (κ3) is 5.94. The Kier molecular flexibility index (Phi) is 7.30. The Morgan fingerprint density at radius 3 is 2.84 bits per heavy atom. The molecule has 4 nitrogen and oxygen atoms in total. The fourth-order valence-electron chi connectivity index (χ4n) is 1.92. The number of hydrogen-bond donors (Lipinski definition) is 3. The largest absolute Gasteiger partial charge is 0.491 e. The summed E-state index contributed by atoms with van der Waals surface area (Å²) in [6, 6.07) is 6.36. The lowest BCUT2D eigenvalue weighted by Gasteiger charge is -2.15. The standard InChI is InChI=1S/C15H26N2O2/c1-3-9-19-15-6-5-13(11-14(15)16)10-12(2)17-7-4-8-18/h5-6,11-12,17-18H,3-4,7-10,16H2,1-2H3. The highest BCUT2D eigenvalue weighted by Crippen LogP contribution is 2.23. The molecule has 0 bridgehead atoms. The van der Waals surface area contributed by atoms with Crippen LogP contribution in [0.25, 0.3) is 0 Å². The monoisotopic (exact) mass is 266 g/mol. The summed E-state index contributed by atoms with van der Waals surface area (Å²) in [5.41, 5.74) is 7.88. The molecule has 1 unspecified atom stereocenters. The fourth-order valence-corrected chi connectivity index (χ4v) is 1.92. The summed E-state index contributed by atoms with van der Waals surface area (Å²) in [5, 5.41) is 12.1. The maximum atomic E-state index is 8.74. The molecule has 0 amide bonds. The number of nitrogen functional groups attached to an aromatic ring is 1. The van der Waals surface area contributed by atoms with Gasteiger partial charge in [0.25, 0.3) is 0 Å². The Bertz CT molecular complexity index is 369. The van der Waals surface area contributed by atoms with E-state index >= 15 is 0 Å². The van der Waals surface area contributed by atoms with Gasteiger partial charge in [0.2, 0.25) is 0 Å². The van der Waals surface area contributed by atoms with E-state index in [1.54, 1.807) is 0 Å². The summed E-state index contributed by atoms with van der Waals surface area (Å²) in [6.07, 6.45) is 2.69. The lowest BCUT2D eigenvalue weighted by molar-refractivity contribution is 0.283. The molecule has 0 saturated carbocycles. The minimum Gasteiger partial charge on any atom is -0.491 e. The molecule has 1 rings (SSSR count). The number of rotatable bonds is 9. The van der Waals surface area contributed by atoms with Crippen molar-refractivity contribution in [2.45, 2.75) is 39.2 Å². The van der Waals surface area contributed by atoms with E-state index in [-0.39, 0.29) is 6.61 Å². The van der Waals surface area contributed by atoms with E-state index in [0.29, 0.717) is 18.3 Å². The van der Waals surface area contributed by atoms with Crippen molar-refractivity contribution < 1.29 is 9.84 Å². The van der Waals surface area contributed by atoms with Crippen LogP contribution in [0.2, 0.25) is 0 Å². The number of nitrogens with one attached hydrogen (secondary N) is 1. The predicted octanol–water partition coefficient (Wildman–Crippen LogP) is 1.96. The normalized spacial score (nSPS) is 12.4. The maximum absolute atomic E-state index is 8.74. The first-order valence-electron chi connectivity index (χ1n) is 7.02. The van der Waals surface area contributed by atoms with Gasteiger partial charge in [-0.1, -0.05) is 13.0 Å².